The molecule has 8 nitrogen and oxygen atoms in total. The fourth-order valence-corrected chi connectivity index (χ4v) is 0. The number of rotatable bonds is 0. The zero-order valence-corrected chi connectivity index (χ0v) is 4.22. The van der Waals surface area contributed by atoms with Gasteiger partial charge in [-0.2, -0.15) is 0 Å². The van der Waals surface area contributed by atoms with Crippen molar-refractivity contribution in [1.82, 2.24) is 0 Å². The number of nitrogens with zero attached hydrogens (tertiary/aromatic N) is 4. The molecule has 0 aliphatic rings. The van der Waals surface area contributed by atoms with Crippen LogP contribution in [0.4, 0.5) is 0 Å². The minimum Gasteiger partial charge on any atom is -0.412 e. The molecule has 0 aromatic rings. The van der Waals surface area contributed by atoms with Gasteiger partial charge in [-0.1, -0.05) is 0 Å². The van der Waals surface area contributed by atoms with Gasteiger partial charge in [-0.15, -0.1) is 10.4 Å². The van der Waals surface area contributed by atoms with Gasteiger partial charge in [-0.25, -0.2) is 5.26 Å². The Hall–Kier alpha value is -1.84. The van der Waals surface area contributed by atoms with Gasteiger partial charge in [0.15, 0.2) is 5.34 Å². The van der Waals surface area contributed by atoms with Gasteiger partial charge in [0.1, 0.15) is 0 Å². The van der Waals surface area contributed by atoms with Crippen LogP contribution in [0, 0.1) is 22.3 Å². The fourth-order valence-electron chi connectivity index (χ4n) is 0. The van der Waals surface area contributed by atoms with Crippen molar-refractivity contribution in [3.8, 4) is 6.57 Å². The van der Waals surface area contributed by atoms with Crippen molar-refractivity contribution in [2.75, 3.05) is 0 Å². The molecule has 0 spiro atoms. The minimum absolute atomic E-state index is 0. The molecule has 0 rings (SSSR count). The molecule has 0 fully saturated rings. The molecule has 0 atom stereocenters. The Morgan fingerprint density at radius 2 is 1.78 bits per heavy atom. The average molecular weight is 135 g/mol. The van der Waals surface area contributed by atoms with Crippen molar-refractivity contribution in [2.45, 2.75) is 0 Å². The maximum absolute atomic E-state index is 8.11. The zero-order valence-electron chi connectivity index (χ0n) is 4.22. The van der Waals surface area contributed by atoms with Gasteiger partial charge in [0, 0.05) is 6.57 Å². The van der Waals surface area contributed by atoms with Crippen LogP contribution >= 0.6 is 0 Å². The Bertz CT molecular complexity index is 81.4. The summed E-state index contributed by atoms with van der Waals surface area (Å²) in [6.07, 6.45) is 0. The predicted octanol–water partition coefficient (Wildman–Crippen LogP) is 0.333. The van der Waals surface area contributed by atoms with Crippen LogP contribution in [0.15, 0.2) is 5.34 Å². The molecule has 0 aliphatic carbocycles. The lowest BCUT2D eigenvalue weighted by Crippen LogP contribution is -1.25. The highest BCUT2D eigenvalue weighted by molar-refractivity contribution is 4.18. The maximum atomic E-state index is 8.11. The molecule has 0 unspecified atom stereocenters. The van der Waals surface area contributed by atoms with E-state index in [1.54, 1.807) is 4.91 Å². The SMILES string of the molecule is C#N.O.O=NO.[N-]=[N+]=N. The van der Waals surface area contributed by atoms with Crippen LogP contribution in [-0.2, 0) is 0 Å². The molecule has 0 aromatic carbocycles. The standard InChI is InChI=1S/CHN.HN3.HNO2.H2O/c1-2;1-3-2;2-1-3;/h1H;1H;(H,2,3);1H2. The van der Waals surface area contributed by atoms with Crippen LogP contribution in [0.3, 0.4) is 0 Å². The second kappa shape index (κ2) is 6410. The topological polar surface area (TPSA) is 165 Å². The lowest BCUT2D eigenvalue weighted by atomic mass is 11.9. The van der Waals surface area contributed by atoms with E-state index in [2.05, 4.69) is 6.57 Å². The highest BCUT2D eigenvalue weighted by Gasteiger charge is 1.18. The molecular formula is CH5N5O3. The molecule has 9 heavy (non-hydrogen) atoms. The predicted molar refractivity (Wildman–Crippen MR) is 27.3 cm³/mol. The highest BCUT2D eigenvalue weighted by Crippen LogP contribution is 1.25. The fraction of sp³-hybridized carbons (Fsp3) is 0. The summed E-state index contributed by atoms with van der Waals surface area (Å²) >= 11 is 0. The van der Waals surface area contributed by atoms with Crippen LogP contribution < -0.4 is 0 Å². The first-order valence-electron chi connectivity index (χ1n) is 1.06. The van der Waals surface area contributed by atoms with Gasteiger partial charge in [0.25, 0.3) is 0 Å². The summed E-state index contributed by atoms with van der Waals surface area (Å²) in [6.45, 7) is 3.50. The number of hydrogen-bond acceptors (Lipinski definition) is 4. The highest BCUT2D eigenvalue weighted by atomic mass is 16.6. The summed E-state index contributed by atoms with van der Waals surface area (Å²) in [5.74, 6) is 0. The second-order valence-electron chi connectivity index (χ2n) is 0.182. The van der Waals surface area contributed by atoms with Crippen LogP contribution in [-0.4, -0.2) is 10.7 Å². The Kier molecular flexibility index (Phi) is 19400. The number of nitriles is 1. The third kappa shape index (κ3) is 31.5. The smallest absolute Gasteiger partial charge is 0.152 e. The zero-order chi connectivity index (χ0) is 7.41. The quantitative estimate of drug-likeness (QED) is 0.161. The number of nitrogens with one attached hydrogen (secondary N) is 1. The van der Waals surface area contributed by atoms with E-state index < -0.39 is 0 Å². The average Bonchev–Trinajstić information content (AvgIpc) is 1.75. The van der Waals surface area contributed by atoms with Gasteiger partial charge in [-0.3, -0.25) is 0 Å². The van der Waals surface area contributed by atoms with Gasteiger partial charge in [0.05, 0.1) is 0 Å². The van der Waals surface area contributed by atoms with Crippen LogP contribution in [0.2, 0.25) is 0 Å². The summed E-state index contributed by atoms with van der Waals surface area (Å²) in [7, 11) is 0. The van der Waals surface area contributed by atoms with Gasteiger partial charge >= 0.3 is 0 Å². The van der Waals surface area contributed by atoms with E-state index >= 15 is 0 Å². The largest absolute Gasteiger partial charge is 0.412 e. The first-order valence-corrected chi connectivity index (χ1v) is 1.06. The Labute approximate surface area is 50.0 Å². The molecule has 8 heteroatoms. The molecule has 0 bridgehead atoms. The first kappa shape index (κ1) is 27.2. The Balaban J connectivity index is -0.0000000202. The molecule has 52 valence electrons. The number of hydrogen-bond donors (Lipinski definition) is 2. The van der Waals surface area contributed by atoms with Crippen molar-refractivity contribution in [3.63, 3.8) is 0 Å². The van der Waals surface area contributed by atoms with Crippen molar-refractivity contribution in [2.24, 2.45) is 5.34 Å². The van der Waals surface area contributed by atoms with E-state index in [9.17, 15) is 0 Å². The third-order valence-corrected chi connectivity index (χ3v) is 0. The van der Waals surface area contributed by atoms with Gasteiger partial charge < -0.3 is 10.7 Å². The van der Waals surface area contributed by atoms with E-state index in [1.165, 1.54) is 5.34 Å². The normalized spacial score (nSPS) is 2.44. The summed E-state index contributed by atoms with van der Waals surface area (Å²) in [5.41, 5.74) is 12.2. The van der Waals surface area contributed by atoms with E-state index in [1.807, 2.05) is 0 Å². The monoisotopic (exact) mass is 135 g/mol. The van der Waals surface area contributed by atoms with Crippen molar-refractivity contribution >= 4 is 0 Å². The molecule has 4 N–H and O–H groups in total. The molecule has 0 amide bonds. The first-order chi connectivity index (χ1) is 3.83. The molecule has 0 saturated carbocycles. The molecule has 0 radical (unpaired) electrons. The van der Waals surface area contributed by atoms with Gasteiger partial charge in [0.2, 0.25) is 0 Å². The molecule has 0 heterocycles. The maximum Gasteiger partial charge on any atom is 0.152 e. The van der Waals surface area contributed by atoms with Crippen molar-refractivity contribution < 1.29 is 10.7 Å². The molecule has 0 aromatic heterocycles. The van der Waals surface area contributed by atoms with Gasteiger partial charge in [-0.05, 0) is 10.4 Å². The lowest BCUT2D eigenvalue weighted by molar-refractivity contribution is 0.312. The molecule has 0 saturated heterocycles. The van der Waals surface area contributed by atoms with Crippen LogP contribution in [0.1, 0.15) is 0 Å². The van der Waals surface area contributed by atoms with Crippen molar-refractivity contribution in [1.29, 1.82) is 10.8 Å². The summed E-state index contributed by atoms with van der Waals surface area (Å²) in [4.78, 5) is 9.86. The summed E-state index contributed by atoms with van der Waals surface area (Å²) < 4.78 is 0. The Morgan fingerprint density at radius 1 is 1.78 bits per heavy atom. The van der Waals surface area contributed by atoms with E-state index in [4.69, 9.17) is 26.4 Å². The van der Waals surface area contributed by atoms with E-state index in [-0.39, 0.29) is 5.48 Å². The minimum atomic E-state index is 0. The van der Waals surface area contributed by atoms with E-state index in [0.29, 0.717) is 0 Å². The van der Waals surface area contributed by atoms with Crippen molar-refractivity contribution in [3.05, 3.63) is 15.3 Å². The Morgan fingerprint density at radius 3 is 1.78 bits per heavy atom. The summed E-state index contributed by atoms with van der Waals surface area (Å²) in [5, 5.41) is 14.4. The second-order valence-corrected chi connectivity index (χ2v) is 0.182. The van der Waals surface area contributed by atoms with Crippen LogP contribution in [0.25, 0.3) is 10.4 Å². The third-order valence-electron chi connectivity index (χ3n) is 0. The van der Waals surface area contributed by atoms with E-state index in [0.717, 1.165) is 0 Å². The summed E-state index contributed by atoms with van der Waals surface area (Å²) in [6, 6.07) is 0. The molecular weight excluding hydrogens is 130 g/mol. The van der Waals surface area contributed by atoms with Crippen LogP contribution in [0.5, 0.6) is 0 Å². The molecule has 0 aliphatic heterocycles. The lowest BCUT2D eigenvalue weighted by Gasteiger charge is -1.32.